The van der Waals surface area contributed by atoms with Crippen molar-refractivity contribution >= 4 is 11.8 Å². The lowest BCUT2D eigenvalue weighted by Gasteiger charge is -2.21. The largest absolute Gasteiger partial charge is 0.355 e. The molecule has 0 heterocycles. The summed E-state index contributed by atoms with van der Waals surface area (Å²) in [7, 11) is 0. The van der Waals surface area contributed by atoms with Gasteiger partial charge in [-0.3, -0.25) is 9.59 Å². The first-order valence-electron chi connectivity index (χ1n) is 7.12. The molecule has 19 heavy (non-hydrogen) atoms. The molecule has 5 heteroatoms. The molecule has 0 aromatic heterocycles. The summed E-state index contributed by atoms with van der Waals surface area (Å²) in [5.74, 6) is 0.366. The molecule has 0 radical (unpaired) electrons. The van der Waals surface area contributed by atoms with Gasteiger partial charge in [-0.05, 0) is 46.1 Å². The number of hydrogen-bond acceptors (Lipinski definition) is 3. The van der Waals surface area contributed by atoms with Crippen molar-refractivity contribution in [2.24, 2.45) is 17.6 Å². The van der Waals surface area contributed by atoms with Crippen LogP contribution >= 0.6 is 0 Å². The third-order valence-electron chi connectivity index (χ3n) is 3.46. The van der Waals surface area contributed by atoms with Gasteiger partial charge in [0.2, 0.25) is 11.8 Å². The lowest BCUT2D eigenvalue weighted by Crippen LogP contribution is -2.42. The summed E-state index contributed by atoms with van der Waals surface area (Å²) in [5.41, 5.74) is 5.44. The fourth-order valence-corrected chi connectivity index (χ4v) is 2.58. The summed E-state index contributed by atoms with van der Waals surface area (Å²) < 4.78 is 0. The Morgan fingerprint density at radius 2 is 1.95 bits per heavy atom. The van der Waals surface area contributed by atoms with Crippen molar-refractivity contribution in [2.45, 2.75) is 52.0 Å². The Morgan fingerprint density at radius 1 is 1.26 bits per heavy atom. The summed E-state index contributed by atoms with van der Waals surface area (Å²) in [6, 6.07) is 0. The molecule has 110 valence electrons. The first-order chi connectivity index (χ1) is 8.83. The summed E-state index contributed by atoms with van der Waals surface area (Å²) in [6.45, 7) is 6.78. The van der Waals surface area contributed by atoms with E-state index in [1.807, 2.05) is 20.8 Å². The van der Waals surface area contributed by atoms with Gasteiger partial charge >= 0.3 is 0 Å². The molecule has 2 atom stereocenters. The van der Waals surface area contributed by atoms with Gasteiger partial charge in [-0.2, -0.15) is 0 Å². The highest BCUT2D eigenvalue weighted by Gasteiger charge is 2.31. The average Bonchev–Trinajstić information content (AvgIpc) is 2.74. The van der Waals surface area contributed by atoms with E-state index in [9.17, 15) is 9.59 Å². The van der Waals surface area contributed by atoms with Gasteiger partial charge < -0.3 is 16.4 Å². The molecule has 0 bridgehead atoms. The van der Waals surface area contributed by atoms with Crippen molar-refractivity contribution in [1.82, 2.24) is 10.6 Å². The maximum Gasteiger partial charge on any atom is 0.223 e. The summed E-state index contributed by atoms with van der Waals surface area (Å²) in [6.07, 6.45) is 3.36. The predicted octanol–water partition coefficient (Wildman–Crippen LogP) is 0.782. The van der Waals surface area contributed by atoms with Gasteiger partial charge in [0, 0.05) is 24.4 Å². The zero-order valence-electron chi connectivity index (χ0n) is 12.3. The second-order valence-corrected chi connectivity index (χ2v) is 6.37. The van der Waals surface area contributed by atoms with Gasteiger partial charge in [0.15, 0.2) is 0 Å². The van der Waals surface area contributed by atoms with Crippen LogP contribution in [-0.2, 0) is 9.59 Å². The Kier molecular flexibility index (Phi) is 5.79. The number of carbonyl (C=O) groups is 2. The molecule has 5 nitrogen and oxygen atoms in total. The summed E-state index contributed by atoms with van der Waals surface area (Å²) in [4.78, 5) is 23.6. The topological polar surface area (TPSA) is 84.2 Å². The Labute approximate surface area is 115 Å². The monoisotopic (exact) mass is 269 g/mol. The first-order valence-corrected chi connectivity index (χ1v) is 7.12. The Morgan fingerprint density at radius 3 is 2.53 bits per heavy atom. The molecular weight excluding hydrogens is 242 g/mol. The minimum atomic E-state index is -0.225. The molecule has 1 aliphatic rings. The predicted molar refractivity (Wildman–Crippen MR) is 75.4 cm³/mol. The number of amides is 2. The van der Waals surface area contributed by atoms with Gasteiger partial charge in [0.1, 0.15) is 0 Å². The minimum absolute atomic E-state index is 0.0328. The number of nitrogens with one attached hydrogen (secondary N) is 2. The molecule has 0 spiro atoms. The van der Waals surface area contributed by atoms with Crippen LogP contribution in [0.5, 0.6) is 0 Å². The lowest BCUT2D eigenvalue weighted by molar-refractivity contribution is -0.126. The fourth-order valence-electron chi connectivity index (χ4n) is 2.58. The average molecular weight is 269 g/mol. The molecule has 2 amide bonds. The lowest BCUT2D eigenvalue weighted by atomic mass is 9.95. The second-order valence-electron chi connectivity index (χ2n) is 6.37. The van der Waals surface area contributed by atoms with Crippen molar-refractivity contribution in [3.63, 3.8) is 0 Å². The molecule has 0 aliphatic heterocycles. The van der Waals surface area contributed by atoms with Crippen molar-refractivity contribution in [1.29, 1.82) is 0 Å². The molecule has 1 aliphatic carbocycles. The van der Waals surface area contributed by atoms with Gasteiger partial charge in [0.25, 0.3) is 0 Å². The molecule has 1 saturated carbocycles. The van der Waals surface area contributed by atoms with E-state index < -0.39 is 0 Å². The van der Waals surface area contributed by atoms with Crippen LogP contribution in [0.3, 0.4) is 0 Å². The summed E-state index contributed by atoms with van der Waals surface area (Å²) in [5, 5.41) is 5.72. The SMILES string of the molecule is CC(C)(C)NC(=O)CCNC(=O)C1CCCC1CN. The number of nitrogens with two attached hydrogens (primary N) is 1. The Hall–Kier alpha value is -1.10. The highest BCUT2D eigenvalue weighted by atomic mass is 16.2. The highest BCUT2D eigenvalue weighted by Crippen LogP contribution is 2.30. The molecule has 0 aromatic rings. The molecule has 1 rings (SSSR count). The van der Waals surface area contributed by atoms with Crippen LogP contribution in [0.2, 0.25) is 0 Å². The van der Waals surface area contributed by atoms with Crippen LogP contribution in [0.15, 0.2) is 0 Å². The standard InChI is InChI=1S/C14H27N3O2/c1-14(2,3)17-12(18)7-8-16-13(19)11-6-4-5-10(11)9-15/h10-11H,4-9,15H2,1-3H3,(H,16,19)(H,17,18). The van der Waals surface area contributed by atoms with E-state index in [1.165, 1.54) is 0 Å². The summed E-state index contributed by atoms with van der Waals surface area (Å²) >= 11 is 0. The van der Waals surface area contributed by atoms with E-state index in [1.54, 1.807) is 0 Å². The van der Waals surface area contributed by atoms with Crippen LogP contribution in [0.4, 0.5) is 0 Å². The quantitative estimate of drug-likeness (QED) is 0.689. The van der Waals surface area contributed by atoms with Gasteiger partial charge in [-0.1, -0.05) is 6.42 Å². The molecule has 4 N–H and O–H groups in total. The maximum atomic E-state index is 12.0. The number of hydrogen-bond donors (Lipinski definition) is 3. The van der Waals surface area contributed by atoms with E-state index in [0.717, 1.165) is 19.3 Å². The van der Waals surface area contributed by atoms with E-state index >= 15 is 0 Å². The van der Waals surface area contributed by atoms with Crippen LogP contribution < -0.4 is 16.4 Å². The van der Waals surface area contributed by atoms with E-state index in [2.05, 4.69) is 10.6 Å². The van der Waals surface area contributed by atoms with Crippen molar-refractivity contribution in [2.75, 3.05) is 13.1 Å². The Balaban J connectivity index is 2.25. The van der Waals surface area contributed by atoms with Crippen molar-refractivity contribution < 1.29 is 9.59 Å². The van der Waals surface area contributed by atoms with Gasteiger partial charge in [0.05, 0.1) is 0 Å². The van der Waals surface area contributed by atoms with E-state index in [4.69, 9.17) is 5.73 Å². The number of carbonyl (C=O) groups excluding carboxylic acids is 2. The smallest absolute Gasteiger partial charge is 0.223 e. The van der Waals surface area contributed by atoms with Crippen molar-refractivity contribution in [3.05, 3.63) is 0 Å². The third-order valence-corrected chi connectivity index (χ3v) is 3.46. The third kappa shape index (κ3) is 5.59. The molecule has 0 saturated heterocycles. The van der Waals surface area contributed by atoms with Gasteiger partial charge in [-0.15, -0.1) is 0 Å². The Bertz CT molecular complexity index is 323. The van der Waals surface area contributed by atoms with E-state index in [-0.39, 0.29) is 23.3 Å². The van der Waals surface area contributed by atoms with Crippen molar-refractivity contribution in [3.8, 4) is 0 Å². The van der Waals surface area contributed by atoms with Crippen LogP contribution in [0, 0.1) is 11.8 Å². The zero-order valence-corrected chi connectivity index (χ0v) is 12.3. The van der Waals surface area contributed by atoms with Crippen LogP contribution in [0.1, 0.15) is 46.5 Å². The van der Waals surface area contributed by atoms with E-state index in [0.29, 0.717) is 25.4 Å². The molecular formula is C14H27N3O2. The minimum Gasteiger partial charge on any atom is -0.355 e. The molecule has 2 unspecified atom stereocenters. The highest BCUT2D eigenvalue weighted by molar-refractivity contribution is 5.81. The van der Waals surface area contributed by atoms with Crippen LogP contribution in [-0.4, -0.2) is 30.4 Å². The first kappa shape index (κ1) is 16.0. The zero-order chi connectivity index (χ0) is 14.5. The molecule has 0 aromatic carbocycles. The van der Waals surface area contributed by atoms with Crippen LogP contribution in [0.25, 0.3) is 0 Å². The number of rotatable bonds is 5. The second kappa shape index (κ2) is 6.89. The molecule has 1 fully saturated rings. The maximum absolute atomic E-state index is 12.0. The fraction of sp³-hybridized carbons (Fsp3) is 0.857. The van der Waals surface area contributed by atoms with Gasteiger partial charge in [-0.25, -0.2) is 0 Å². The normalized spacial score (nSPS) is 23.2.